The highest BCUT2D eigenvalue weighted by Crippen LogP contribution is 2.26. The van der Waals surface area contributed by atoms with Gasteiger partial charge in [-0.05, 0) is 18.2 Å². The van der Waals surface area contributed by atoms with Crippen molar-refractivity contribution >= 4 is 0 Å². The Kier molecular flexibility index (Phi) is 3.08. The highest BCUT2D eigenvalue weighted by molar-refractivity contribution is 5.40. The Bertz CT molecular complexity index is 333. The first-order valence-corrected chi connectivity index (χ1v) is 4.85. The molecule has 0 radical (unpaired) electrons. The average Bonchev–Trinajstić information content (AvgIpc) is 2.23. The van der Waals surface area contributed by atoms with Crippen molar-refractivity contribution in [2.75, 3.05) is 20.3 Å². The van der Waals surface area contributed by atoms with Crippen LogP contribution in [0.1, 0.15) is 5.56 Å². The molecule has 0 bridgehead atoms. The van der Waals surface area contributed by atoms with Crippen LogP contribution in [0.3, 0.4) is 0 Å². The summed E-state index contributed by atoms with van der Waals surface area (Å²) in [6, 6.07) is 5.39. The van der Waals surface area contributed by atoms with Crippen molar-refractivity contribution in [2.45, 2.75) is 12.7 Å². The van der Waals surface area contributed by atoms with Gasteiger partial charge in [0.25, 0.3) is 0 Å². The van der Waals surface area contributed by atoms with E-state index in [1.165, 1.54) is 0 Å². The molecule has 1 aromatic carbocycles. The van der Waals surface area contributed by atoms with E-state index < -0.39 is 0 Å². The molecule has 4 nitrogen and oxygen atoms in total. The van der Waals surface area contributed by atoms with Crippen LogP contribution in [0.25, 0.3) is 0 Å². The lowest BCUT2D eigenvalue weighted by Crippen LogP contribution is -2.38. The molecular weight excluding hydrogens is 196 g/mol. The monoisotopic (exact) mass is 210 g/mol. The zero-order chi connectivity index (χ0) is 10.7. The molecule has 0 atom stereocenters. The summed E-state index contributed by atoms with van der Waals surface area (Å²) in [7, 11) is 1.59. The molecule has 1 aliphatic heterocycles. The first-order chi connectivity index (χ1) is 7.33. The molecule has 0 aromatic heterocycles. The van der Waals surface area contributed by atoms with E-state index in [2.05, 4.69) is 0 Å². The van der Waals surface area contributed by atoms with Gasteiger partial charge in [0.2, 0.25) is 0 Å². The minimum Gasteiger partial charge on any atom is -0.497 e. The molecule has 0 amide bonds. The van der Waals surface area contributed by atoms with E-state index in [-0.39, 0.29) is 12.7 Å². The van der Waals surface area contributed by atoms with Crippen LogP contribution < -0.4 is 9.47 Å². The maximum Gasteiger partial charge on any atom is 0.145 e. The average molecular weight is 210 g/mol. The molecule has 1 aromatic rings. The number of hydrogen-bond donors (Lipinski definition) is 1. The van der Waals surface area contributed by atoms with Gasteiger partial charge in [-0.3, -0.25) is 0 Å². The van der Waals surface area contributed by atoms with E-state index in [9.17, 15) is 5.11 Å². The van der Waals surface area contributed by atoms with Crippen molar-refractivity contribution in [3.05, 3.63) is 23.8 Å². The van der Waals surface area contributed by atoms with E-state index in [1.807, 2.05) is 12.1 Å². The molecule has 1 fully saturated rings. The Morgan fingerprint density at radius 3 is 2.80 bits per heavy atom. The van der Waals surface area contributed by atoms with Gasteiger partial charge in [-0.15, -0.1) is 0 Å². The van der Waals surface area contributed by atoms with Gasteiger partial charge in [0.05, 0.1) is 26.9 Å². The van der Waals surface area contributed by atoms with Crippen LogP contribution in [0.4, 0.5) is 0 Å². The maximum absolute atomic E-state index is 9.18. The smallest absolute Gasteiger partial charge is 0.145 e. The Morgan fingerprint density at radius 2 is 2.27 bits per heavy atom. The fourth-order valence-electron chi connectivity index (χ4n) is 1.38. The fraction of sp³-hybridized carbons (Fsp3) is 0.455. The number of hydrogen-bond acceptors (Lipinski definition) is 4. The van der Waals surface area contributed by atoms with Crippen molar-refractivity contribution in [3.8, 4) is 11.5 Å². The van der Waals surface area contributed by atoms with Gasteiger partial charge in [-0.1, -0.05) is 0 Å². The summed E-state index contributed by atoms with van der Waals surface area (Å²) in [5.74, 6) is 1.42. The van der Waals surface area contributed by atoms with Crippen molar-refractivity contribution in [1.29, 1.82) is 0 Å². The first-order valence-electron chi connectivity index (χ1n) is 4.85. The summed E-state index contributed by atoms with van der Waals surface area (Å²) < 4.78 is 15.7. The normalized spacial score (nSPS) is 15.9. The molecule has 15 heavy (non-hydrogen) atoms. The van der Waals surface area contributed by atoms with Crippen LogP contribution in [-0.2, 0) is 11.3 Å². The van der Waals surface area contributed by atoms with E-state index >= 15 is 0 Å². The third-order valence-corrected chi connectivity index (χ3v) is 2.34. The van der Waals surface area contributed by atoms with Crippen LogP contribution in [-0.4, -0.2) is 31.5 Å². The van der Waals surface area contributed by atoms with Crippen LogP contribution >= 0.6 is 0 Å². The molecule has 1 aliphatic rings. The Hall–Kier alpha value is -1.26. The summed E-state index contributed by atoms with van der Waals surface area (Å²) >= 11 is 0. The van der Waals surface area contributed by atoms with Crippen LogP contribution in [0, 0.1) is 0 Å². The molecule has 82 valence electrons. The largest absolute Gasteiger partial charge is 0.497 e. The highest BCUT2D eigenvalue weighted by atomic mass is 16.6. The third-order valence-electron chi connectivity index (χ3n) is 2.34. The van der Waals surface area contributed by atoms with Crippen molar-refractivity contribution in [2.24, 2.45) is 0 Å². The second-order valence-electron chi connectivity index (χ2n) is 3.41. The molecule has 1 N–H and O–H groups in total. The topological polar surface area (TPSA) is 47.9 Å². The first kappa shape index (κ1) is 10.3. The number of ether oxygens (including phenoxy) is 3. The number of aliphatic hydroxyl groups is 1. The number of aliphatic hydroxyl groups excluding tert-OH is 1. The van der Waals surface area contributed by atoms with E-state index in [4.69, 9.17) is 14.2 Å². The maximum atomic E-state index is 9.18. The van der Waals surface area contributed by atoms with Crippen LogP contribution in [0.2, 0.25) is 0 Å². The van der Waals surface area contributed by atoms with Crippen LogP contribution in [0.5, 0.6) is 11.5 Å². The number of rotatable bonds is 4. The van der Waals surface area contributed by atoms with Crippen molar-refractivity contribution in [1.82, 2.24) is 0 Å². The Labute approximate surface area is 88.4 Å². The Morgan fingerprint density at radius 1 is 1.47 bits per heavy atom. The molecule has 0 unspecified atom stereocenters. The Balaban J connectivity index is 2.13. The summed E-state index contributed by atoms with van der Waals surface area (Å²) in [5.41, 5.74) is 0.737. The fourth-order valence-corrected chi connectivity index (χ4v) is 1.38. The summed E-state index contributed by atoms with van der Waals surface area (Å²) in [6.07, 6.45) is 0.115. The van der Waals surface area contributed by atoms with Crippen molar-refractivity contribution < 1.29 is 19.3 Å². The SMILES string of the molecule is COc1ccc(OC2COC2)c(CO)c1. The van der Waals surface area contributed by atoms with Gasteiger partial charge in [0.15, 0.2) is 0 Å². The van der Waals surface area contributed by atoms with E-state index in [1.54, 1.807) is 13.2 Å². The van der Waals surface area contributed by atoms with E-state index in [0.717, 1.165) is 11.3 Å². The molecular formula is C11H14O4. The zero-order valence-corrected chi connectivity index (χ0v) is 8.60. The lowest BCUT2D eigenvalue weighted by molar-refractivity contribution is -0.0802. The molecule has 1 heterocycles. The van der Waals surface area contributed by atoms with Gasteiger partial charge >= 0.3 is 0 Å². The van der Waals surface area contributed by atoms with Gasteiger partial charge in [0, 0.05) is 5.56 Å². The van der Waals surface area contributed by atoms with Gasteiger partial charge in [-0.2, -0.15) is 0 Å². The van der Waals surface area contributed by atoms with E-state index in [0.29, 0.717) is 19.0 Å². The predicted molar refractivity (Wildman–Crippen MR) is 54.2 cm³/mol. The summed E-state index contributed by atoms with van der Waals surface area (Å²) in [5, 5.41) is 9.18. The van der Waals surface area contributed by atoms with Crippen molar-refractivity contribution in [3.63, 3.8) is 0 Å². The highest BCUT2D eigenvalue weighted by Gasteiger charge is 2.21. The third kappa shape index (κ3) is 2.22. The predicted octanol–water partition coefficient (Wildman–Crippen LogP) is 0.965. The molecule has 0 aliphatic carbocycles. The van der Waals surface area contributed by atoms with Crippen LogP contribution in [0.15, 0.2) is 18.2 Å². The molecule has 2 rings (SSSR count). The number of benzene rings is 1. The second-order valence-corrected chi connectivity index (χ2v) is 3.41. The molecule has 1 saturated heterocycles. The summed E-state index contributed by atoms with van der Waals surface area (Å²) in [4.78, 5) is 0. The zero-order valence-electron chi connectivity index (χ0n) is 8.60. The van der Waals surface area contributed by atoms with Gasteiger partial charge < -0.3 is 19.3 Å². The lowest BCUT2D eigenvalue weighted by Gasteiger charge is -2.27. The quantitative estimate of drug-likeness (QED) is 0.804. The molecule has 4 heteroatoms. The standard InChI is InChI=1S/C11H14O4/c1-13-9-2-3-11(8(4-9)5-12)15-10-6-14-7-10/h2-4,10,12H,5-7H2,1H3. The van der Waals surface area contributed by atoms with Gasteiger partial charge in [-0.25, -0.2) is 0 Å². The second kappa shape index (κ2) is 4.51. The van der Waals surface area contributed by atoms with Gasteiger partial charge in [0.1, 0.15) is 17.6 Å². The molecule has 0 spiro atoms. The number of methoxy groups -OCH3 is 1. The summed E-state index contributed by atoms with van der Waals surface area (Å²) in [6.45, 7) is 1.19. The minimum atomic E-state index is -0.0554. The lowest BCUT2D eigenvalue weighted by atomic mass is 10.2. The molecule has 0 saturated carbocycles. The minimum absolute atomic E-state index is 0.0554.